The highest BCUT2D eigenvalue weighted by molar-refractivity contribution is 5.77. The molecule has 1 heterocycles. The Hall–Kier alpha value is -2.89. The van der Waals surface area contributed by atoms with Crippen molar-refractivity contribution >= 4 is 11.6 Å². The highest BCUT2D eigenvalue weighted by Gasteiger charge is 2.23. The summed E-state index contributed by atoms with van der Waals surface area (Å²) in [5.41, 5.74) is 1.35. The Morgan fingerprint density at radius 2 is 1.73 bits per heavy atom. The summed E-state index contributed by atoms with van der Waals surface area (Å²) in [5.74, 6) is 1.03. The topological polar surface area (TPSA) is 72.7 Å². The van der Waals surface area contributed by atoms with E-state index in [4.69, 9.17) is 4.74 Å². The molecule has 1 aliphatic rings. The van der Waals surface area contributed by atoms with Crippen molar-refractivity contribution in [3.05, 3.63) is 70.3 Å². The summed E-state index contributed by atoms with van der Waals surface area (Å²) in [7, 11) is 0. The molecule has 0 radical (unpaired) electrons. The zero-order valence-corrected chi connectivity index (χ0v) is 14.5. The fourth-order valence-corrected chi connectivity index (χ4v) is 3.23. The second-order valence-electron chi connectivity index (χ2n) is 6.55. The van der Waals surface area contributed by atoms with E-state index in [0.29, 0.717) is 11.7 Å². The zero-order chi connectivity index (χ0) is 18.4. The lowest BCUT2D eigenvalue weighted by molar-refractivity contribution is -0.384. The van der Waals surface area contributed by atoms with Crippen molar-refractivity contribution in [2.75, 3.05) is 19.7 Å². The van der Waals surface area contributed by atoms with Crippen molar-refractivity contribution in [2.45, 2.75) is 19.3 Å². The molecule has 3 rings (SSSR count). The van der Waals surface area contributed by atoms with Crippen LogP contribution in [0.15, 0.2) is 54.6 Å². The fourth-order valence-electron chi connectivity index (χ4n) is 3.23. The van der Waals surface area contributed by atoms with Crippen LogP contribution in [-0.2, 0) is 11.2 Å². The van der Waals surface area contributed by atoms with Gasteiger partial charge in [-0.05, 0) is 42.9 Å². The molecule has 0 atom stereocenters. The molecule has 6 heteroatoms. The monoisotopic (exact) mass is 354 g/mol. The Balaban J connectivity index is 1.42. The molecular weight excluding hydrogens is 332 g/mol. The van der Waals surface area contributed by atoms with Gasteiger partial charge in [0.1, 0.15) is 5.75 Å². The van der Waals surface area contributed by atoms with E-state index in [2.05, 4.69) is 24.3 Å². The molecule has 0 unspecified atom stereocenters. The van der Waals surface area contributed by atoms with E-state index in [1.165, 1.54) is 29.8 Å². The number of ether oxygens (including phenoxy) is 1. The van der Waals surface area contributed by atoms with Crippen molar-refractivity contribution in [2.24, 2.45) is 5.92 Å². The van der Waals surface area contributed by atoms with Gasteiger partial charge in [-0.3, -0.25) is 14.9 Å². The van der Waals surface area contributed by atoms with Crippen LogP contribution in [0.3, 0.4) is 0 Å². The minimum absolute atomic E-state index is 0.00386. The Morgan fingerprint density at radius 1 is 1.08 bits per heavy atom. The van der Waals surface area contributed by atoms with Crippen LogP contribution in [-0.4, -0.2) is 35.4 Å². The number of nitrogens with zero attached hydrogens (tertiary/aromatic N) is 2. The van der Waals surface area contributed by atoms with Gasteiger partial charge in [0.15, 0.2) is 6.61 Å². The maximum Gasteiger partial charge on any atom is 0.269 e. The molecule has 1 aliphatic heterocycles. The molecule has 0 bridgehead atoms. The number of carbonyl (C=O) groups excluding carboxylic acids is 1. The summed E-state index contributed by atoms with van der Waals surface area (Å²) in [6.07, 6.45) is 3.05. The molecule has 6 nitrogen and oxygen atoms in total. The van der Waals surface area contributed by atoms with Gasteiger partial charge in [0.2, 0.25) is 0 Å². The lowest BCUT2D eigenvalue weighted by atomic mass is 9.90. The third kappa shape index (κ3) is 4.81. The fraction of sp³-hybridized carbons (Fsp3) is 0.350. The van der Waals surface area contributed by atoms with Crippen LogP contribution < -0.4 is 4.74 Å². The third-order valence-corrected chi connectivity index (χ3v) is 4.74. The van der Waals surface area contributed by atoms with Crippen LogP contribution in [0.25, 0.3) is 0 Å². The highest BCUT2D eigenvalue weighted by Crippen LogP contribution is 2.22. The summed E-state index contributed by atoms with van der Waals surface area (Å²) < 4.78 is 5.46. The van der Waals surface area contributed by atoms with Crippen molar-refractivity contribution in [3.63, 3.8) is 0 Å². The van der Waals surface area contributed by atoms with Crippen LogP contribution in [0.4, 0.5) is 5.69 Å². The molecule has 26 heavy (non-hydrogen) atoms. The van der Waals surface area contributed by atoms with Gasteiger partial charge < -0.3 is 9.64 Å². The van der Waals surface area contributed by atoms with E-state index in [1.807, 2.05) is 11.0 Å². The summed E-state index contributed by atoms with van der Waals surface area (Å²) in [4.78, 5) is 24.3. The molecule has 136 valence electrons. The molecule has 2 aromatic rings. The number of amides is 1. The first-order valence-corrected chi connectivity index (χ1v) is 8.81. The van der Waals surface area contributed by atoms with Crippen molar-refractivity contribution in [1.29, 1.82) is 0 Å². The van der Waals surface area contributed by atoms with Crippen molar-refractivity contribution < 1.29 is 14.5 Å². The number of carbonyl (C=O) groups is 1. The molecular formula is C20H22N2O4. The van der Waals surface area contributed by atoms with Gasteiger partial charge in [0.25, 0.3) is 11.6 Å². The number of piperidine rings is 1. The minimum atomic E-state index is -0.464. The number of hydrogen-bond donors (Lipinski definition) is 0. The number of rotatable bonds is 6. The molecule has 1 fully saturated rings. The van der Waals surface area contributed by atoms with Crippen LogP contribution in [0.2, 0.25) is 0 Å². The Labute approximate surface area is 152 Å². The standard InChI is InChI=1S/C20H22N2O4/c23-20(15-26-19-8-6-18(7-9-19)22(24)25)21-12-10-17(11-13-21)14-16-4-2-1-3-5-16/h1-9,17H,10-15H2. The van der Waals surface area contributed by atoms with Crippen LogP contribution in [0.5, 0.6) is 5.75 Å². The molecule has 2 aromatic carbocycles. The number of nitro groups is 1. The molecule has 0 N–H and O–H groups in total. The average molecular weight is 354 g/mol. The molecule has 1 amide bonds. The summed E-state index contributed by atoms with van der Waals surface area (Å²) in [6, 6.07) is 16.2. The van der Waals surface area contributed by atoms with Crippen LogP contribution in [0.1, 0.15) is 18.4 Å². The Bertz CT molecular complexity index is 738. The van der Waals surface area contributed by atoms with Gasteiger partial charge in [-0.2, -0.15) is 0 Å². The number of non-ortho nitro benzene ring substituents is 1. The summed E-state index contributed by atoms with van der Waals surface area (Å²) >= 11 is 0. The zero-order valence-electron chi connectivity index (χ0n) is 14.5. The maximum absolute atomic E-state index is 12.3. The number of nitro benzene ring substituents is 1. The second-order valence-corrected chi connectivity index (χ2v) is 6.55. The predicted octanol–water partition coefficient (Wildman–Crippen LogP) is 3.45. The highest BCUT2D eigenvalue weighted by atomic mass is 16.6. The molecule has 1 saturated heterocycles. The minimum Gasteiger partial charge on any atom is -0.484 e. The lowest BCUT2D eigenvalue weighted by Crippen LogP contribution is -2.41. The van der Waals surface area contributed by atoms with Gasteiger partial charge in [-0.15, -0.1) is 0 Å². The van der Waals surface area contributed by atoms with Crippen LogP contribution >= 0.6 is 0 Å². The SMILES string of the molecule is O=C(COc1ccc([N+](=O)[O-])cc1)N1CCC(Cc2ccccc2)CC1. The van der Waals surface area contributed by atoms with E-state index in [9.17, 15) is 14.9 Å². The quantitative estimate of drug-likeness (QED) is 0.588. The van der Waals surface area contributed by atoms with E-state index in [-0.39, 0.29) is 18.2 Å². The third-order valence-electron chi connectivity index (χ3n) is 4.74. The normalized spacial score (nSPS) is 14.8. The first-order valence-electron chi connectivity index (χ1n) is 8.81. The summed E-state index contributed by atoms with van der Waals surface area (Å²) in [6.45, 7) is 1.46. The van der Waals surface area contributed by atoms with E-state index in [0.717, 1.165) is 32.4 Å². The van der Waals surface area contributed by atoms with E-state index in [1.54, 1.807) is 0 Å². The van der Waals surface area contributed by atoms with E-state index < -0.39 is 4.92 Å². The Kier molecular flexibility index (Phi) is 5.84. The largest absolute Gasteiger partial charge is 0.484 e. The molecule has 0 aliphatic carbocycles. The maximum atomic E-state index is 12.3. The second kappa shape index (κ2) is 8.47. The summed E-state index contributed by atoms with van der Waals surface area (Å²) in [5, 5.41) is 10.6. The number of likely N-dealkylation sites (tertiary alicyclic amines) is 1. The average Bonchev–Trinajstić information content (AvgIpc) is 2.68. The smallest absolute Gasteiger partial charge is 0.269 e. The first-order chi connectivity index (χ1) is 12.6. The van der Waals surface area contributed by atoms with Crippen LogP contribution in [0, 0.1) is 16.0 Å². The van der Waals surface area contributed by atoms with Crippen molar-refractivity contribution in [3.8, 4) is 5.75 Å². The molecule has 0 aromatic heterocycles. The number of hydrogen-bond acceptors (Lipinski definition) is 4. The van der Waals surface area contributed by atoms with Crippen molar-refractivity contribution in [1.82, 2.24) is 4.90 Å². The Morgan fingerprint density at radius 3 is 2.35 bits per heavy atom. The van der Waals surface area contributed by atoms with E-state index >= 15 is 0 Å². The van der Waals surface area contributed by atoms with Gasteiger partial charge in [0, 0.05) is 25.2 Å². The van der Waals surface area contributed by atoms with Gasteiger partial charge in [-0.25, -0.2) is 0 Å². The first kappa shape index (κ1) is 17.9. The van der Waals surface area contributed by atoms with Gasteiger partial charge >= 0.3 is 0 Å². The molecule has 0 spiro atoms. The predicted molar refractivity (Wildman–Crippen MR) is 98.0 cm³/mol. The lowest BCUT2D eigenvalue weighted by Gasteiger charge is -2.32. The number of benzene rings is 2. The van der Waals surface area contributed by atoms with Gasteiger partial charge in [0.05, 0.1) is 4.92 Å². The van der Waals surface area contributed by atoms with Gasteiger partial charge in [-0.1, -0.05) is 30.3 Å². The molecule has 0 saturated carbocycles.